The summed E-state index contributed by atoms with van der Waals surface area (Å²) in [6.07, 6.45) is 1.90. The Morgan fingerprint density at radius 1 is 1.44 bits per heavy atom. The molecule has 0 atom stereocenters. The van der Waals surface area contributed by atoms with Crippen molar-refractivity contribution in [3.8, 4) is 0 Å². The summed E-state index contributed by atoms with van der Waals surface area (Å²) in [7, 11) is 3.77. The summed E-state index contributed by atoms with van der Waals surface area (Å²) in [6, 6.07) is 0. The molecule has 2 aromatic heterocycles. The van der Waals surface area contributed by atoms with E-state index in [0.29, 0.717) is 0 Å². The van der Waals surface area contributed by atoms with E-state index in [-0.39, 0.29) is 5.75 Å². The van der Waals surface area contributed by atoms with Gasteiger partial charge in [0.1, 0.15) is 5.52 Å². The topological polar surface area (TPSA) is 72.9 Å². The molecule has 0 radical (unpaired) electrons. The zero-order chi connectivity index (χ0) is 13.3. The summed E-state index contributed by atoms with van der Waals surface area (Å²) in [6.45, 7) is 2.10. The lowest BCUT2D eigenvalue weighted by Crippen LogP contribution is -2.02. The molecule has 0 aliphatic rings. The minimum atomic E-state index is -0.834. The van der Waals surface area contributed by atoms with Crippen molar-refractivity contribution in [3.63, 3.8) is 0 Å². The largest absolute Gasteiger partial charge is 0.481 e. The molecule has 18 heavy (non-hydrogen) atoms. The number of rotatable bonds is 5. The summed E-state index contributed by atoms with van der Waals surface area (Å²) >= 11 is 1.23. The van der Waals surface area contributed by atoms with Gasteiger partial charge in [0.25, 0.3) is 0 Å². The highest BCUT2D eigenvalue weighted by Gasteiger charge is 2.17. The third-order valence-electron chi connectivity index (χ3n) is 2.69. The van der Waals surface area contributed by atoms with Gasteiger partial charge in [-0.2, -0.15) is 5.10 Å². The van der Waals surface area contributed by atoms with E-state index >= 15 is 0 Å². The van der Waals surface area contributed by atoms with Crippen LogP contribution in [0.2, 0.25) is 0 Å². The maximum absolute atomic E-state index is 10.6. The van der Waals surface area contributed by atoms with Crippen molar-refractivity contribution < 1.29 is 9.90 Å². The van der Waals surface area contributed by atoms with Crippen molar-refractivity contribution in [3.05, 3.63) is 5.69 Å². The molecule has 0 aliphatic heterocycles. The lowest BCUT2D eigenvalue weighted by atomic mass is 10.2. The molecule has 0 saturated carbocycles. The zero-order valence-corrected chi connectivity index (χ0v) is 11.5. The second-order valence-electron chi connectivity index (χ2n) is 4.13. The number of carbonyl (C=O) groups is 1. The Balaban J connectivity index is 2.42. The number of nitrogens with zero attached hydrogens (tertiary/aromatic N) is 4. The Hall–Kier alpha value is -1.50. The Morgan fingerprint density at radius 2 is 2.17 bits per heavy atom. The van der Waals surface area contributed by atoms with Crippen molar-refractivity contribution in [1.29, 1.82) is 0 Å². The number of aromatic nitrogens is 4. The number of carboxylic acid groups (broad SMARTS) is 1. The quantitative estimate of drug-likeness (QED) is 0.831. The average Bonchev–Trinajstić information content (AvgIpc) is 2.77. The van der Waals surface area contributed by atoms with E-state index in [2.05, 4.69) is 17.0 Å². The molecule has 98 valence electrons. The molecule has 7 heteroatoms. The van der Waals surface area contributed by atoms with Crippen molar-refractivity contribution in [2.24, 2.45) is 14.1 Å². The molecular formula is C11H16N4O2S. The molecule has 2 aromatic rings. The number of imidazole rings is 1. The van der Waals surface area contributed by atoms with Gasteiger partial charge in [-0.05, 0) is 6.42 Å². The van der Waals surface area contributed by atoms with Gasteiger partial charge in [0.2, 0.25) is 0 Å². The number of carboxylic acids is 1. The fraction of sp³-hybridized carbons (Fsp3) is 0.545. The smallest absolute Gasteiger partial charge is 0.313 e. The maximum Gasteiger partial charge on any atom is 0.313 e. The minimum absolute atomic E-state index is 0.0215. The van der Waals surface area contributed by atoms with Crippen molar-refractivity contribution in [1.82, 2.24) is 19.3 Å². The highest BCUT2D eigenvalue weighted by Crippen LogP contribution is 2.25. The number of aliphatic carboxylic acids is 1. The number of hydrogen-bond donors (Lipinski definition) is 1. The van der Waals surface area contributed by atoms with Crippen LogP contribution in [0.3, 0.4) is 0 Å². The van der Waals surface area contributed by atoms with Crippen LogP contribution in [-0.4, -0.2) is 36.2 Å². The maximum atomic E-state index is 10.6. The van der Waals surface area contributed by atoms with Crippen LogP contribution < -0.4 is 0 Å². The van der Waals surface area contributed by atoms with E-state index in [0.717, 1.165) is 34.9 Å². The summed E-state index contributed by atoms with van der Waals surface area (Å²) in [5.41, 5.74) is 2.80. The zero-order valence-electron chi connectivity index (χ0n) is 10.7. The second-order valence-corrected chi connectivity index (χ2v) is 5.07. The van der Waals surface area contributed by atoms with Crippen LogP contribution in [0, 0.1) is 0 Å². The van der Waals surface area contributed by atoms with Gasteiger partial charge in [-0.15, -0.1) is 0 Å². The lowest BCUT2D eigenvalue weighted by Gasteiger charge is -2.00. The SMILES string of the molecule is CCCc1nn(C)c2c1nc(SCC(=O)O)n2C. The van der Waals surface area contributed by atoms with Gasteiger partial charge in [0.05, 0.1) is 11.4 Å². The van der Waals surface area contributed by atoms with Crippen LogP contribution in [0.5, 0.6) is 0 Å². The molecule has 1 N–H and O–H groups in total. The van der Waals surface area contributed by atoms with Crippen LogP contribution in [0.15, 0.2) is 5.16 Å². The normalized spacial score (nSPS) is 11.3. The third-order valence-corrected chi connectivity index (χ3v) is 3.70. The molecule has 0 aromatic carbocycles. The highest BCUT2D eigenvalue weighted by molar-refractivity contribution is 7.99. The average molecular weight is 268 g/mol. The summed E-state index contributed by atoms with van der Waals surface area (Å²) < 4.78 is 3.70. The molecule has 0 aliphatic carbocycles. The van der Waals surface area contributed by atoms with Gasteiger partial charge < -0.3 is 9.67 Å². The lowest BCUT2D eigenvalue weighted by molar-refractivity contribution is -0.133. The van der Waals surface area contributed by atoms with Crippen molar-refractivity contribution >= 4 is 28.9 Å². The van der Waals surface area contributed by atoms with E-state index in [1.807, 2.05) is 18.7 Å². The van der Waals surface area contributed by atoms with Crippen molar-refractivity contribution in [2.45, 2.75) is 24.9 Å². The van der Waals surface area contributed by atoms with E-state index in [4.69, 9.17) is 5.11 Å². The van der Waals surface area contributed by atoms with Gasteiger partial charge >= 0.3 is 5.97 Å². The first-order chi connectivity index (χ1) is 8.54. The van der Waals surface area contributed by atoms with E-state index < -0.39 is 5.97 Å². The van der Waals surface area contributed by atoms with Crippen LogP contribution >= 0.6 is 11.8 Å². The predicted molar refractivity (Wildman–Crippen MR) is 69.8 cm³/mol. The first kappa shape index (κ1) is 12.9. The summed E-state index contributed by atoms with van der Waals surface area (Å²) in [5.74, 6) is -0.813. The monoisotopic (exact) mass is 268 g/mol. The van der Waals surface area contributed by atoms with Crippen molar-refractivity contribution in [2.75, 3.05) is 5.75 Å². The van der Waals surface area contributed by atoms with Crippen LogP contribution in [-0.2, 0) is 25.3 Å². The molecule has 0 saturated heterocycles. The van der Waals surface area contributed by atoms with Crippen LogP contribution in [0.1, 0.15) is 19.0 Å². The molecule has 2 heterocycles. The number of thioether (sulfide) groups is 1. The third kappa shape index (κ3) is 2.22. The molecular weight excluding hydrogens is 252 g/mol. The molecule has 0 amide bonds. The van der Waals surface area contributed by atoms with Crippen LogP contribution in [0.25, 0.3) is 11.2 Å². The fourth-order valence-electron chi connectivity index (χ4n) is 1.97. The van der Waals surface area contributed by atoms with E-state index in [9.17, 15) is 4.79 Å². The second kappa shape index (κ2) is 5.01. The summed E-state index contributed by atoms with van der Waals surface area (Å²) in [4.78, 5) is 15.1. The molecule has 0 unspecified atom stereocenters. The van der Waals surface area contributed by atoms with E-state index in [1.165, 1.54) is 11.8 Å². The predicted octanol–water partition coefficient (Wildman–Crippen LogP) is 1.44. The van der Waals surface area contributed by atoms with E-state index in [1.54, 1.807) is 4.68 Å². The molecule has 0 spiro atoms. The first-order valence-corrected chi connectivity index (χ1v) is 6.76. The standard InChI is InChI=1S/C11H16N4O2S/c1-4-5-7-9-10(15(3)13-7)14(2)11(12-9)18-6-8(16)17/h4-6H2,1-3H3,(H,16,17). The molecule has 2 rings (SSSR count). The first-order valence-electron chi connectivity index (χ1n) is 5.77. The highest BCUT2D eigenvalue weighted by atomic mass is 32.2. The molecule has 0 fully saturated rings. The van der Waals surface area contributed by atoms with Gasteiger partial charge in [-0.1, -0.05) is 25.1 Å². The number of fused-ring (bicyclic) bond motifs is 1. The Labute approximate surface area is 109 Å². The van der Waals surface area contributed by atoms with Gasteiger partial charge in [0, 0.05) is 14.1 Å². The summed E-state index contributed by atoms with van der Waals surface area (Å²) in [5, 5.41) is 13.9. The Bertz CT molecular complexity index is 587. The van der Waals surface area contributed by atoms with Gasteiger partial charge in [0.15, 0.2) is 10.8 Å². The molecule has 0 bridgehead atoms. The van der Waals surface area contributed by atoms with Gasteiger partial charge in [-0.3, -0.25) is 9.48 Å². The fourth-order valence-corrected chi connectivity index (χ4v) is 2.66. The van der Waals surface area contributed by atoms with Gasteiger partial charge in [-0.25, -0.2) is 4.98 Å². The Morgan fingerprint density at radius 3 is 2.78 bits per heavy atom. The number of aryl methyl sites for hydroxylation is 3. The molecule has 6 nitrogen and oxygen atoms in total. The minimum Gasteiger partial charge on any atom is -0.481 e. The van der Waals surface area contributed by atoms with Crippen LogP contribution in [0.4, 0.5) is 0 Å². The Kier molecular flexibility index (Phi) is 3.60. The number of hydrogen-bond acceptors (Lipinski definition) is 4.